The van der Waals surface area contributed by atoms with Crippen molar-refractivity contribution in [3.63, 3.8) is 0 Å². The summed E-state index contributed by atoms with van der Waals surface area (Å²) in [5.74, 6) is 0.133. The average molecular weight is 254 g/mol. The monoisotopic (exact) mass is 253 g/mol. The van der Waals surface area contributed by atoms with Gasteiger partial charge in [0.1, 0.15) is 5.15 Å². The highest BCUT2D eigenvalue weighted by molar-refractivity contribution is 6.29. The van der Waals surface area contributed by atoms with Gasteiger partial charge in [0.2, 0.25) is 5.91 Å². The number of nitrogens with one attached hydrogen (secondary N) is 1. The van der Waals surface area contributed by atoms with Crippen LogP contribution >= 0.6 is 11.6 Å². The second kappa shape index (κ2) is 5.47. The van der Waals surface area contributed by atoms with Crippen LogP contribution in [0.4, 0.5) is 0 Å². The van der Waals surface area contributed by atoms with E-state index in [0.29, 0.717) is 24.2 Å². The van der Waals surface area contributed by atoms with E-state index >= 15 is 0 Å². The molecule has 1 fully saturated rings. The highest BCUT2D eigenvalue weighted by Crippen LogP contribution is 2.12. The van der Waals surface area contributed by atoms with Crippen molar-refractivity contribution in [1.82, 2.24) is 15.2 Å². The molecular formula is C12H16ClN3O. The molecule has 4 nitrogen and oxygen atoms in total. The fourth-order valence-corrected chi connectivity index (χ4v) is 2.03. The molecule has 2 rings (SSSR count). The van der Waals surface area contributed by atoms with Crippen LogP contribution in [-0.4, -0.2) is 34.9 Å². The van der Waals surface area contributed by atoms with E-state index in [2.05, 4.69) is 22.1 Å². The van der Waals surface area contributed by atoms with Crippen LogP contribution in [0.3, 0.4) is 0 Å². The van der Waals surface area contributed by atoms with Crippen LogP contribution < -0.4 is 5.32 Å². The van der Waals surface area contributed by atoms with Crippen LogP contribution in [0.5, 0.6) is 0 Å². The number of carbonyl (C=O) groups excluding carboxylic acids is 1. The Bertz CT molecular complexity index is 393. The lowest BCUT2D eigenvalue weighted by molar-refractivity contribution is -0.120. The number of hydrogen-bond acceptors (Lipinski definition) is 3. The summed E-state index contributed by atoms with van der Waals surface area (Å²) in [6.07, 6.45) is 2.35. The molecule has 1 N–H and O–H groups in total. The van der Waals surface area contributed by atoms with E-state index in [1.54, 1.807) is 12.3 Å². The topological polar surface area (TPSA) is 45.2 Å². The van der Waals surface area contributed by atoms with Crippen molar-refractivity contribution in [2.75, 3.05) is 13.1 Å². The highest BCUT2D eigenvalue weighted by atomic mass is 35.5. The molecule has 0 aliphatic carbocycles. The van der Waals surface area contributed by atoms with Gasteiger partial charge < -0.3 is 5.32 Å². The molecule has 0 unspecified atom stereocenters. The number of amides is 1. The summed E-state index contributed by atoms with van der Waals surface area (Å²) < 4.78 is 0. The number of nitrogens with zero attached hydrogens (tertiary/aromatic N) is 2. The minimum absolute atomic E-state index is 0.133. The van der Waals surface area contributed by atoms with Gasteiger partial charge in [-0.05, 0) is 18.6 Å². The Labute approximate surface area is 106 Å². The van der Waals surface area contributed by atoms with Gasteiger partial charge in [-0.2, -0.15) is 0 Å². The van der Waals surface area contributed by atoms with Gasteiger partial charge in [0.25, 0.3) is 0 Å². The molecule has 0 saturated carbocycles. The van der Waals surface area contributed by atoms with Gasteiger partial charge in [-0.1, -0.05) is 17.7 Å². The Hall–Kier alpha value is -1.13. The van der Waals surface area contributed by atoms with E-state index in [9.17, 15) is 4.79 Å². The lowest BCUT2D eigenvalue weighted by atomic mass is 10.2. The number of rotatable bonds is 2. The molecule has 5 heteroatoms. The van der Waals surface area contributed by atoms with Gasteiger partial charge in [-0.3, -0.25) is 9.69 Å². The number of aromatic nitrogens is 1. The van der Waals surface area contributed by atoms with Gasteiger partial charge in [-0.25, -0.2) is 4.98 Å². The van der Waals surface area contributed by atoms with E-state index in [1.807, 2.05) is 6.07 Å². The molecule has 0 aromatic carbocycles. The minimum Gasteiger partial charge on any atom is -0.355 e. The fourth-order valence-electron chi connectivity index (χ4n) is 1.91. The molecule has 1 aromatic heterocycles. The van der Waals surface area contributed by atoms with Crippen molar-refractivity contribution >= 4 is 17.5 Å². The van der Waals surface area contributed by atoms with Gasteiger partial charge in [0.05, 0.1) is 0 Å². The van der Waals surface area contributed by atoms with Crippen LogP contribution in [0, 0.1) is 0 Å². The molecule has 92 valence electrons. The van der Waals surface area contributed by atoms with Crippen molar-refractivity contribution in [2.45, 2.75) is 25.9 Å². The third-order valence-corrected chi connectivity index (χ3v) is 3.24. The summed E-state index contributed by atoms with van der Waals surface area (Å²) in [6, 6.07) is 4.11. The summed E-state index contributed by atoms with van der Waals surface area (Å²) in [5, 5.41) is 3.41. The van der Waals surface area contributed by atoms with Crippen molar-refractivity contribution in [1.29, 1.82) is 0 Å². The average Bonchev–Trinajstić information content (AvgIpc) is 2.47. The summed E-state index contributed by atoms with van der Waals surface area (Å²) in [7, 11) is 0. The Morgan fingerprint density at radius 1 is 1.59 bits per heavy atom. The zero-order chi connectivity index (χ0) is 12.3. The Morgan fingerprint density at radius 2 is 2.41 bits per heavy atom. The van der Waals surface area contributed by atoms with Crippen molar-refractivity contribution in [3.8, 4) is 0 Å². The van der Waals surface area contributed by atoms with Gasteiger partial charge in [0, 0.05) is 38.3 Å². The molecule has 0 bridgehead atoms. The van der Waals surface area contributed by atoms with Gasteiger partial charge >= 0.3 is 0 Å². The highest BCUT2D eigenvalue weighted by Gasteiger charge is 2.19. The second-order valence-electron chi connectivity index (χ2n) is 4.36. The third-order valence-electron chi connectivity index (χ3n) is 3.02. The maximum absolute atomic E-state index is 11.3. The molecule has 1 amide bonds. The van der Waals surface area contributed by atoms with Crippen molar-refractivity contribution in [2.24, 2.45) is 0 Å². The number of halogens is 1. The lowest BCUT2D eigenvalue weighted by Gasteiger charge is -2.25. The molecule has 17 heavy (non-hydrogen) atoms. The summed E-state index contributed by atoms with van der Waals surface area (Å²) in [5.41, 5.74) is 1.12. The van der Waals surface area contributed by atoms with E-state index in [-0.39, 0.29) is 5.91 Å². The van der Waals surface area contributed by atoms with Crippen LogP contribution in [0.1, 0.15) is 18.9 Å². The predicted molar refractivity (Wildman–Crippen MR) is 66.7 cm³/mol. The number of pyridine rings is 1. The summed E-state index contributed by atoms with van der Waals surface area (Å²) in [4.78, 5) is 17.6. The van der Waals surface area contributed by atoms with E-state index in [1.165, 1.54) is 0 Å². The van der Waals surface area contributed by atoms with E-state index in [4.69, 9.17) is 11.6 Å². The largest absolute Gasteiger partial charge is 0.355 e. The molecule has 0 spiro atoms. The molecular weight excluding hydrogens is 238 g/mol. The fraction of sp³-hybridized carbons (Fsp3) is 0.500. The molecule has 1 saturated heterocycles. The van der Waals surface area contributed by atoms with E-state index < -0.39 is 0 Å². The molecule has 1 aliphatic rings. The van der Waals surface area contributed by atoms with Gasteiger partial charge in [-0.15, -0.1) is 0 Å². The maximum Gasteiger partial charge on any atom is 0.221 e. The first-order valence-electron chi connectivity index (χ1n) is 5.76. The molecule has 1 aromatic rings. The first kappa shape index (κ1) is 12.3. The summed E-state index contributed by atoms with van der Waals surface area (Å²) in [6.45, 7) is 4.42. The van der Waals surface area contributed by atoms with Crippen molar-refractivity contribution in [3.05, 3.63) is 29.0 Å². The molecule has 0 radical (unpaired) electrons. The van der Waals surface area contributed by atoms with Crippen molar-refractivity contribution < 1.29 is 4.79 Å². The SMILES string of the molecule is C[C@H]1CNC(=O)CCN1Cc1ccc(Cl)nc1. The Kier molecular flexibility index (Phi) is 3.97. The van der Waals surface area contributed by atoms with Gasteiger partial charge in [0.15, 0.2) is 0 Å². The second-order valence-corrected chi connectivity index (χ2v) is 4.75. The maximum atomic E-state index is 11.3. The Balaban J connectivity index is 2.01. The van der Waals surface area contributed by atoms with Crippen LogP contribution in [0.25, 0.3) is 0 Å². The van der Waals surface area contributed by atoms with Crippen LogP contribution in [0.15, 0.2) is 18.3 Å². The normalized spacial score (nSPS) is 22.0. The molecule has 2 heterocycles. The zero-order valence-electron chi connectivity index (χ0n) is 9.82. The zero-order valence-corrected chi connectivity index (χ0v) is 10.6. The first-order valence-corrected chi connectivity index (χ1v) is 6.14. The van der Waals surface area contributed by atoms with Crippen LogP contribution in [-0.2, 0) is 11.3 Å². The van der Waals surface area contributed by atoms with Crippen LogP contribution in [0.2, 0.25) is 5.15 Å². The smallest absolute Gasteiger partial charge is 0.221 e. The minimum atomic E-state index is 0.133. The van der Waals surface area contributed by atoms with E-state index in [0.717, 1.165) is 18.7 Å². The standard InChI is InChI=1S/C12H16ClN3O/c1-9-6-15-12(17)4-5-16(9)8-10-2-3-11(13)14-7-10/h2-3,7,9H,4-6,8H2,1H3,(H,15,17)/t9-/m0/s1. The third kappa shape index (κ3) is 3.41. The first-order chi connectivity index (χ1) is 8.15. The molecule has 1 atom stereocenters. The number of hydrogen-bond donors (Lipinski definition) is 1. The summed E-state index contributed by atoms with van der Waals surface area (Å²) >= 11 is 5.75. The lowest BCUT2D eigenvalue weighted by Crippen LogP contribution is -2.37. The molecule has 1 aliphatic heterocycles. The Morgan fingerprint density at radius 3 is 3.12 bits per heavy atom. The number of carbonyl (C=O) groups is 1. The predicted octanol–water partition coefficient (Wildman–Crippen LogP) is 1.45. The quantitative estimate of drug-likeness (QED) is 0.812.